The Hall–Kier alpha value is -3.03. The number of rotatable bonds is 6. The number of carbonyl (C=O) groups is 2. The van der Waals surface area contributed by atoms with Crippen LogP contribution in [0.3, 0.4) is 0 Å². The van der Waals surface area contributed by atoms with Gasteiger partial charge in [-0.2, -0.15) is 0 Å². The smallest absolute Gasteiger partial charge is 0.325 e. The van der Waals surface area contributed by atoms with Crippen molar-refractivity contribution in [1.29, 1.82) is 0 Å². The summed E-state index contributed by atoms with van der Waals surface area (Å²) >= 11 is 0. The molecular weight excluding hydrogens is 340 g/mol. The van der Waals surface area contributed by atoms with E-state index >= 15 is 0 Å². The minimum Gasteiger partial charge on any atom is -0.465 e. The van der Waals surface area contributed by atoms with Crippen molar-refractivity contribution >= 4 is 11.9 Å². The van der Waals surface area contributed by atoms with Gasteiger partial charge in [-0.3, -0.25) is 9.59 Å². The third kappa shape index (κ3) is 2.87. The zero-order chi connectivity index (χ0) is 18.1. The van der Waals surface area contributed by atoms with Crippen molar-refractivity contribution in [3.63, 3.8) is 0 Å². The Morgan fingerprint density at radius 3 is 2.81 bits per heavy atom. The Labute approximate surface area is 149 Å². The van der Waals surface area contributed by atoms with Gasteiger partial charge in [-0.1, -0.05) is 5.16 Å². The first kappa shape index (κ1) is 16.4. The molecule has 136 valence electrons. The molecule has 2 aromatic rings. The van der Waals surface area contributed by atoms with E-state index in [9.17, 15) is 9.59 Å². The van der Waals surface area contributed by atoms with E-state index in [0.29, 0.717) is 35.8 Å². The highest BCUT2D eigenvalue weighted by atomic mass is 16.7. The zero-order valence-corrected chi connectivity index (χ0v) is 14.2. The summed E-state index contributed by atoms with van der Waals surface area (Å²) in [7, 11) is 0. The first-order valence-corrected chi connectivity index (χ1v) is 8.43. The molecule has 1 aliphatic heterocycles. The number of ether oxygens (including phenoxy) is 3. The molecule has 2 aliphatic rings. The molecule has 1 aliphatic carbocycles. The molecule has 1 N–H and O–H groups in total. The van der Waals surface area contributed by atoms with E-state index in [0.717, 1.165) is 5.56 Å². The van der Waals surface area contributed by atoms with Crippen molar-refractivity contribution < 1.29 is 28.3 Å². The fourth-order valence-corrected chi connectivity index (χ4v) is 2.94. The van der Waals surface area contributed by atoms with E-state index < -0.39 is 11.4 Å². The summed E-state index contributed by atoms with van der Waals surface area (Å²) in [5.41, 5.74) is 0.618. The van der Waals surface area contributed by atoms with Crippen molar-refractivity contribution in [1.82, 2.24) is 10.5 Å². The van der Waals surface area contributed by atoms with Crippen LogP contribution in [-0.4, -0.2) is 37.0 Å². The highest BCUT2D eigenvalue weighted by Crippen LogP contribution is 2.48. The SMILES string of the molecule is CCOC(=O)CNC(=O)C1(c2cc(-c3ccc4c(c3)OCO4)on2)CC1. The van der Waals surface area contributed by atoms with Crippen LogP contribution in [0.15, 0.2) is 28.8 Å². The van der Waals surface area contributed by atoms with Crippen molar-refractivity contribution in [2.75, 3.05) is 19.9 Å². The molecule has 8 nitrogen and oxygen atoms in total. The molecule has 4 rings (SSSR count). The molecule has 1 fully saturated rings. The lowest BCUT2D eigenvalue weighted by Gasteiger charge is -2.11. The maximum absolute atomic E-state index is 12.5. The molecule has 1 aromatic carbocycles. The van der Waals surface area contributed by atoms with E-state index in [1.807, 2.05) is 12.1 Å². The third-order valence-electron chi connectivity index (χ3n) is 4.54. The van der Waals surface area contributed by atoms with Crippen LogP contribution in [-0.2, 0) is 19.7 Å². The highest BCUT2D eigenvalue weighted by Gasteiger charge is 2.53. The number of aromatic nitrogens is 1. The molecule has 1 aromatic heterocycles. The quantitative estimate of drug-likeness (QED) is 0.786. The van der Waals surface area contributed by atoms with Crippen LogP contribution < -0.4 is 14.8 Å². The predicted molar refractivity (Wildman–Crippen MR) is 88.6 cm³/mol. The number of hydrogen-bond donors (Lipinski definition) is 1. The second-order valence-electron chi connectivity index (χ2n) is 6.21. The Morgan fingerprint density at radius 2 is 2.04 bits per heavy atom. The number of esters is 1. The van der Waals surface area contributed by atoms with Crippen LogP contribution in [0, 0.1) is 0 Å². The number of carbonyl (C=O) groups excluding carboxylic acids is 2. The van der Waals surface area contributed by atoms with Crippen LogP contribution in [0.5, 0.6) is 11.5 Å². The largest absolute Gasteiger partial charge is 0.465 e. The molecule has 1 saturated carbocycles. The zero-order valence-electron chi connectivity index (χ0n) is 14.2. The van der Waals surface area contributed by atoms with Crippen molar-refractivity contribution in [2.45, 2.75) is 25.2 Å². The number of fused-ring (bicyclic) bond motifs is 1. The molecule has 0 atom stereocenters. The van der Waals surface area contributed by atoms with E-state index in [4.69, 9.17) is 18.7 Å². The van der Waals surface area contributed by atoms with Gasteiger partial charge in [-0.05, 0) is 38.0 Å². The van der Waals surface area contributed by atoms with Gasteiger partial charge < -0.3 is 24.1 Å². The monoisotopic (exact) mass is 358 g/mol. The lowest BCUT2D eigenvalue weighted by atomic mass is 10.0. The number of benzene rings is 1. The van der Waals surface area contributed by atoms with Gasteiger partial charge in [0.1, 0.15) is 6.54 Å². The fourth-order valence-electron chi connectivity index (χ4n) is 2.94. The van der Waals surface area contributed by atoms with Gasteiger partial charge in [0.2, 0.25) is 12.7 Å². The number of nitrogens with zero attached hydrogens (tertiary/aromatic N) is 1. The number of hydrogen-bond acceptors (Lipinski definition) is 7. The van der Waals surface area contributed by atoms with Crippen LogP contribution in [0.4, 0.5) is 0 Å². The molecule has 0 unspecified atom stereocenters. The predicted octanol–water partition coefficient (Wildman–Crippen LogP) is 1.78. The van der Waals surface area contributed by atoms with Crippen molar-refractivity contribution in [3.8, 4) is 22.8 Å². The lowest BCUT2D eigenvalue weighted by molar-refractivity contribution is -0.143. The molecule has 2 heterocycles. The molecular formula is C18H18N2O6. The van der Waals surface area contributed by atoms with Crippen molar-refractivity contribution in [3.05, 3.63) is 30.0 Å². The maximum Gasteiger partial charge on any atom is 0.325 e. The average Bonchev–Trinajstić information content (AvgIpc) is 3.08. The summed E-state index contributed by atoms with van der Waals surface area (Å²) in [6.45, 7) is 2.04. The minimum atomic E-state index is -0.732. The Morgan fingerprint density at radius 1 is 1.23 bits per heavy atom. The normalized spacial score (nSPS) is 16.2. The van der Waals surface area contributed by atoms with Gasteiger partial charge in [0.25, 0.3) is 0 Å². The summed E-state index contributed by atoms with van der Waals surface area (Å²) < 4.78 is 20.9. The van der Waals surface area contributed by atoms with Crippen LogP contribution >= 0.6 is 0 Å². The standard InChI is InChI=1S/C18H18N2O6/c1-2-23-16(21)9-19-17(22)18(5-6-18)15-8-13(26-20-15)11-3-4-12-14(7-11)25-10-24-12/h3-4,7-8H,2,5-6,9-10H2,1H3,(H,19,22). The van der Waals surface area contributed by atoms with Crippen molar-refractivity contribution in [2.24, 2.45) is 0 Å². The fraction of sp³-hybridized carbons (Fsp3) is 0.389. The molecule has 8 heteroatoms. The lowest BCUT2D eigenvalue weighted by Crippen LogP contribution is -2.38. The third-order valence-corrected chi connectivity index (χ3v) is 4.54. The number of nitrogens with one attached hydrogen (secondary N) is 1. The van der Waals surface area contributed by atoms with E-state index in [-0.39, 0.29) is 25.9 Å². The van der Waals surface area contributed by atoms with Crippen LogP contribution in [0.2, 0.25) is 0 Å². The molecule has 26 heavy (non-hydrogen) atoms. The summed E-state index contributed by atoms with van der Waals surface area (Å²) in [5.74, 6) is 1.18. The van der Waals surface area contributed by atoms with Crippen LogP contribution in [0.1, 0.15) is 25.5 Å². The van der Waals surface area contributed by atoms with E-state index in [1.54, 1.807) is 19.1 Å². The van der Waals surface area contributed by atoms with E-state index in [1.165, 1.54) is 0 Å². The molecule has 0 radical (unpaired) electrons. The summed E-state index contributed by atoms with van der Waals surface area (Å²) in [6, 6.07) is 7.22. The van der Waals surface area contributed by atoms with Gasteiger partial charge in [0.05, 0.1) is 17.7 Å². The summed E-state index contributed by atoms with van der Waals surface area (Å²) in [5, 5.41) is 6.70. The Bertz CT molecular complexity index is 855. The van der Waals surface area contributed by atoms with Gasteiger partial charge in [-0.15, -0.1) is 0 Å². The molecule has 0 spiro atoms. The topological polar surface area (TPSA) is 99.9 Å². The highest BCUT2D eigenvalue weighted by molar-refractivity contribution is 5.93. The molecule has 1 amide bonds. The van der Waals surface area contributed by atoms with Crippen LogP contribution in [0.25, 0.3) is 11.3 Å². The molecule has 0 saturated heterocycles. The molecule has 0 bridgehead atoms. The second-order valence-corrected chi connectivity index (χ2v) is 6.21. The number of amides is 1. The Balaban J connectivity index is 1.49. The van der Waals surface area contributed by atoms with Gasteiger partial charge in [0, 0.05) is 11.6 Å². The second kappa shape index (κ2) is 6.36. The average molecular weight is 358 g/mol. The van der Waals surface area contributed by atoms with Gasteiger partial charge in [-0.25, -0.2) is 0 Å². The van der Waals surface area contributed by atoms with Gasteiger partial charge >= 0.3 is 5.97 Å². The maximum atomic E-state index is 12.5. The summed E-state index contributed by atoms with van der Waals surface area (Å²) in [4.78, 5) is 23.9. The van der Waals surface area contributed by atoms with Gasteiger partial charge in [0.15, 0.2) is 17.3 Å². The van der Waals surface area contributed by atoms with E-state index in [2.05, 4.69) is 10.5 Å². The minimum absolute atomic E-state index is 0.151. The summed E-state index contributed by atoms with van der Waals surface area (Å²) in [6.07, 6.45) is 1.32. The first-order valence-electron chi connectivity index (χ1n) is 8.43. The first-order chi connectivity index (χ1) is 12.6. The Kier molecular flexibility index (Phi) is 4.02.